The van der Waals surface area contributed by atoms with Gasteiger partial charge >= 0.3 is 5.97 Å². The number of esters is 1. The first-order valence-corrected chi connectivity index (χ1v) is 5.66. The van der Waals surface area contributed by atoms with E-state index in [-0.39, 0.29) is 12.5 Å². The number of aliphatic hydroxyl groups excluding tert-OH is 1. The minimum atomic E-state index is -1.16. The minimum absolute atomic E-state index is 0.264. The van der Waals surface area contributed by atoms with Crippen molar-refractivity contribution in [3.8, 4) is 0 Å². The topological polar surface area (TPSA) is 46.5 Å². The van der Waals surface area contributed by atoms with Gasteiger partial charge in [0.1, 0.15) is 0 Å². The molecule has 0 radical (unpaired) electrons. The van der Waals surface area contributed by atoms with Gasteiger partial charge in [-0.2, -0.15) is 0 Å². The second kappa shape index (κ2) is 6.21. The van der Waals surface area contributed by atoms with Gasteiger partial charge < -0.3 is 9.84 Å². The average molecular weight is 234 g/mol. The summed E-state index contributed by atoms with van der Waals surface area (Å²) >= 11 is 0. The quantitative estimate of drug-likeness (QED) is 0.795. The van der Waals surface area contributed by atoms with Crippen LogP contribution in [0.2, 0.25) is 0 Å². The Bertz CT molecular complexity index is 384. The van der Waals surface area contributed by atoms with Crippen molar-refractivity contribution in [1.82, 2.24) is 0 Å². The fraction of sp³-hybridized carbons (Fsp3) is 0.357. The van der Waals surface area contributed by atoms with E-state index in [2.05, 4.69) is 6.58 Å². The molecule has 0 fully saturated rings. The number of benzene rings is 1. The van der Waals surface area contributed by atoms with Gasteiger partial charge in [-0.3, -0.25) is 0 Å². The smallest absolute Gasteiger partial charge is 0.335 e. The standard InChI is InChI=1S/C14H18O3/c1-4-17-14(16)13(15)11(3)10(2)12-8-6-5-7-9-12/h5-9,11,13,15H,2,4H2,1,3H3/t11-,13-/m1/s1. The number of aliphatic hydroxyl groups is 1. The molecular weight excluding hydrogens is 216 g/mol. The third kappa shape index (κ3) is 3.43. The molecule has 1 N–H and O–H groups in total. The molecule has 3 heteroatoms. The maximum absolute atomic E-state index is 11.4. The summed E-state index contributed by atoms with van der Waals surface area (Å²) in [6, 6.07) is 9.49. The maximum Gasteiger partial charge on any atom is 0.335 e. The van der Waals surface area contributed by atoms with Gasteiger partial charge in [0.05, 0.1) is 6.61 Å². The highest BCUT2D eigenvalue weighted by Gasteiger charge is 2.26. The molecule has 0 amide bonds. The third-order valence-electron chi connectivity index (χ3n) is 2.70. The molecule has 0 aliphatic heterocycles. The van der Waals surface area contributed by atoms with E-state index in [1.807, 2.05) is 30.3 Å². The predicted octanol–water partition coefficient (Wildman–Crippen LogP) is 2.26. The van der Waals surface area contributed by atoms with Crippen LogP contribution in [0, 0.1) is 5.92 Å². The Hall–Kier alpha value is -1.61. The van der Waals surface area contributed by atoms with E-state index in [1.54, 1.807) is 13.8 Å². The molecule has 0 aliphatic carbocycles. The Morgan fingerprint density at radius 3 is 2.53 bits per heavy atom. The highest BCUT2D eigenvalue weighted by Crippen LogP contribution is 2.24. The molecule has 1 aromatic carbocycles. The summed E-state index contributed by atoms with van der Waals surface area (Å²) in [6.45, 7) is 7.66. The lowest BCUT2D eigenvalue weighted by Gasteiger charge is -2.19. The number of carbonyl (C=O) groups is 1. The highest BCUT2D eigenvalue weighted by atomic mass is 16.5. The van der Waals surface area contributed by atoms with E-state index in [0.29, 0.717) is 0 Å². The first kappa shape index (κ1) is 13.5. The Balaban J connectivity index is 2.73. The van der Waals surface area contributed by atoms with Crippen molar-refractivity contribution in [2.24, 2.45) is 5.92 Å². The van der Waals surface area contributed by atoms with Crippen LogP contribution in [-0.4, -0.2) is 23.8 Å². The van der Waals surface area contributed by atoms with Gasteiger partial charge in [0.15, 0.2) is 6.10 Å². The summed E-state index contributed by atoms with van der Waals surface area (Å²) in [5.41, 5.74) is 1.65. The zero-order chi connectivity index (χ0) is 12.8. The van der Waals surface area contributed by atoms with E-state index >= 15 is 0 Å². The van der Waals surface area contributed by atoms with Crippen LogP contribution >= 0.6 is 0 Å². The van der Waals surface area contributed by atoms with Crippen molar-refractivity contribution >= 4 is 11.5 Å². The number of hydrogen-bond acceptors (Lipinski definition) is 3. The van der Waals surface area contributed by atoms with E-state index < -0.39 is 12.1 Å². The molecule has 0 saturated heterocycles. The molecule has 0 heterocycles. The monoisotopic (exact) mass is 234 g/mol. The second-order valence-electron chi connectivity index (χ2n) is 3.88. The average Bonchev–Trinajstić information content (AvgIpc) is 2.37. The van der Waals surface area contributed by atoms with Gasteiger partial charge in [-0.15, -0.1) is 0 Å². The van der Waals surface area contributed by atoms with E-state index in [9.17, 15) is 9.90 Å². The molecular formula is C14H18O3. The molecule has 1 rings (SSSR count). The van der Waals surface area contributed by atoms with Gasteiger partial charge in [0.2, 0.25) is 0 Å². The first-order valence-electron chi connectivity index (χ1n) is 5.66. The largest absolute Gasteiger partial charge is 0.464 e. The van der Waals surface area contributed by atoms with E-state index in [0.717, 1.165) is 11.1 Å². The number of ether oxygens (including phenoxy) is 1. The van der Waals surface area contributed by atoms with Crippen molar-refractivity contribution in [3.05, 3.63) is 42.5 Å². The summed E-state index contributed by atoms with van der Waals surface area (Å²) in [6.07, 6.45) is -1.16. The van der Waals surface area contributed by atoms with Crippen LogP contribution in [-0.2, 0) is 9.53 Å². The molecule has 0 spiro atoms. The Morgan fingerprint density at radius 2 is 2.00 bits per heavy atom. The van der Waals surface area contributed by atoms with Gasteiger partial charge in [0.25, 0.3) is 0 Å². The number of carbonyl (C=O) groups excluding carboxylic acids is 1. The van der Waals surface area contributed by atoms with E-state index in [1.165, 1.54) is 0 Å². The fourth-order valence-corrected chi connectivity index (χ4v) is 1.54. The van der Waals surface area contributed by atoms with E-state index in [4.69, 9.17) is 4.74 Å². The van der Waals surface area contributed by atoms with Crippen molar-refractivity contribution in [1.29, 1.82) is 0 Å². The Morgan fingerprint density at radius 1 is 1.41 bits per heavy atom. The van der Waals surface area contributed by atoms with Gasteiger partial charge in [-0.1, -0.05) is 43.8 Å². The SMILES string of the molecule is C=C(c1ccccc1)[C@@H](C)[C@@H](O)C(=O)OCC. The van der Waals surface area contributed by atoms with Crippen molar-refractivity contribution in [2.45, 2.75) is 20.0 Å². The highest BCUT2D eigenvalue weighted by molar-refractivity contribution is 5.79. The lowest BCUT2D eigenvalue weighted by atomic mass is 9.91. The zero-order valence-corrected chi connectivity index (χ0v) is 10.2. The molecule has 0 unspecified atom stereocenters. The lowest BCUT2D eigenvalue weighted by molar-refractivity contribution is -0.154. The summed E-state index contributed by atoms with van der Waals surface area (Å²) in [5.74, 6) is -0.964. The fourth-order valence-electron chi connectivity index (χ4n) is 1.54. The van der Waals surface area contributed by atoms with Crippen LogP contribution in [0.3, 0.4) is 0 Å². The van der Waals surface area contributed by atoms with Crippen LogP contribution in [0.5, 0.6) is 0 Å². The molecule has 0 bridgehead atoms. The molecule has 1 aromatic rings. The molecule has 0 aromatic heterocycles. The van der Waals surface area contributed by atoms with Crippen LogP contribution in [0.25, 0.3) is 5.57 Å². The van der Waals surface area contributed by atoms with Crippen LogP contribution < -0.4 is 0 Å². The maximum atomic E-state index is 11.4. The van der Waals surface area contributed by atoms with Crippen LogP contribution in [0.1, 0.15) is 19.4 Å². The van der Waals surface area contributed by atoms with Crippen molar-refractivity contribution in [2.75, 3.05) is 6.61 Å². The van der Waals surface area contributed by atoms with Crippen molar-refractivity contribution in [3.63, 3.8) is 0 Å². The Kier molecular flexibility index (Phi) is 4.91. The van der Waals surface area contributed by atoms with Gasteiger partial charge in [-0.05, 0) is 18.1 Å². The van der Waals surface area contributed by atoms with Gasteiger partial charge in [0, 0.05) is 5.92 Å². The third-order valence-corrected chi connectivity index (χ3v) is 2.70. The summed E-state index contributed by atoms with van der Waals surface area (Å²) in [7, 11) is 0. The summed E-state index contributed by atoms with van der Waals surface area (Å²) in [5, 5.41) is 9.81. The molecule has 92 valence electrons. The molecule has 0 aliphatic rings. The first-order chi connectivity index (χ1) is 8.07. The molecule has 17 heavy (non-hydrogen) atoms. The van der Waals surface area contributed by atoms with Gasteiger partial charge in [-0.25, -0.2) is 4.79 Å². The normalized spacial score (nSPS) is 13.8. The number of hydrogen-bond donors (Lipinski definition) is 1. The second-order valence-corrected chi connectivity index (χ2v) is 3.88. The van der Waals surface area contributed by atoms with Crippen LogP contribution in [0.4, 0.5) is 0 Å². The lowest BCUT2D eigenvalue weighted by Crippen LogP contribution is -2.30. The zero-order valence-electron chi connectivity index (χ0n) is 10.2. The molecule has 0 saturated carbocycles. The van der Waals surface area contributed by atoms with Crippen molar-refractivity contribution < 1.29 is 14.6 Å². The Labute approximate surface area is 102 Å². The molecule has 3 nitrogen and oxygen atoms in total. The predicted molar refractivity (Wildman–Crippen MR) is 67.3 cm³/mol. The summed E-state index contributed by atoms with van der Waals surface area (Å²) in [4.78, 5) is 11.4. The number of rotatable bonds is 5. The minimum Gasteiger partial charge on any atom is -0.464 e. The molecule has 2 atom stereocenters. The summed E-state index contributed by atoms with van der Waals surface area (Å²) < 4.78 is 4.78. The van der Waals surface area contributed by atoms with Crippen LogP contribution in [0.15, 0.2) is 36.9 Å².